The summed E-state index contributed by atoms with van der Waals surface area (Å²) in [5.41, 5.74) is 1.00. The third kappa shape index (κ3) is 4.11. The molecule has 1 aromatic rings. The molecule has 80 valence electrons. The van der Waals surface area contributed by atoms with Crippen molar-refractivity contribution in [2.75, 3.05) is 11.5 Å². The molecule has 4 nitrogen and oxygen atoms in total. The van der Waals surface area contributed by atoms with E-state index in [-0.39, 0.29) is 0 Å². The molecular weight excluding hydrogens is 196 g/mol. The molecule has 1 N–H and O–H groups in total. The highest BCUT2D eigenvalue weighted by molar-refractivity contribution is 7.99. The van der Waals surface area contributed by atoms with Gasteiger partial charge in [0.15, 0.2) is 0 Å². The first kappa shape index (κ1) is 11.5. The van der Waals surface area contributed by atoms with E-state index in [1.807, 2.05) is 25.0 Å². The molecule has 0 aromatic carbocycles. The summed E-state index contributed by atoms with van der Waals surface area (Å²) in [6.45, 7) is 5.18. The van der Waals surface area contributed by atoms with E-state index < -0.39 is 0 Å². The quantitative estimate of drug-likeness (QED) is 0.768. The molecule has 0 aliphatic rings. The van der Waals surface area contributed by atoms with Crippen LogP contribution in [0.2, 0.25) is 0 Å². The molecule has 0 saturated carbocycles. The third-order valence-electron chi connectivity index (χ3n) is 1.85. The van der Waals surface area contributed by atoms with Crippen LogP contribution in [0.1, 0.15) is 19.5 Å². The minimum atomic E-state index is 0.530. The van der Waals surface area contributed by atoms with Crippen molar-refractivity contribution in [3.8, 4) is 0 Å². The molecule has 0 bridgehead atoms. The maximum atomic E-state index is 4.01. The number of aryl methyl sites for hydroxylation is 1. The second-order valence-corrected chi connectivity index (χ2v) is 4.64. The van der Waals surface area contributed by atoms with Crippen molar-refractivity contribution in [1.82, 2.24) is 20.3 Å². The Hall–Kier alpha value is -0.550. The van der Waals surface area contributed by atoms with Crippen LogP contribution < -0.4 is 5.32 Å². The summed E-state index contributed by atoms with van der Waals surface area (Å²) < 4.78 is 1.72. The van der Waals surface area contributed by atoms with Crippen molar-refractivity contribution in [1.29, 1.82) is 0 Å². The Balaban J connectivity index is 2.20. The van der Waals surface area contributed by atoms with E-state index in [1.54, 1.807) is 4.68 Å². The third-order valence-corrected chi connectivity index (χ3v) is 3.00. The molecule has 1 heterocycles. The fourth-order valence-electron chi connectivity index (χ4n) is 1.11. The Labute approximate surface area is 89.5 Å². The Bertz CT molecular complexity index is 261. The lowest BCUT2D eigenvalue weighted by atomic mass is 10.3. The number of hydrogen-bond donors (Lipinski definition) is 1. The van der Waals surface area contributed by atoms with Crippen LogP contribution >= 0.6 is 11.8 Å². The number of nitrogens with one attached hydrogen (secondary N) is 1. The number of aromatic nitrogens is 3. The molecule has 0 amide bonds. The summed E-state index contributed by atoms with van der Waals surface area (Å²) >= 11 is 1.95. The number of hydrogen-bond acceptors (Lipinski definition) is 4. The lowest BCUT2D eigenvalue weighted by molar-refractivity contribution is 0.587. The van der Waals surface area contributed by atoms with Crippen LogP contribution in [0.5, 0.6) is 0 Å². The van der Waals surface area contributed by atoms with Gasteiger partial charge in [-0.25, -0.2) is 0 Å². The lowest BCUT2D eigenvalue weighted by Gasteiger charge is -2.11. The first-order valence-corrected chi connectivity index (χ1v) is 6.04. The number of nitrogens with zero attached hydrogens (tertiary/aromatic N) is 3. The summed E-state index contributed by atoms with van der Waals surface area (Å²) in [5, 5.41) is 11.3. The summed E-state index contributed by atoms with van der Waals surface area (Å²) in [6, 6.07) is 0.530. The van der Waals surface area contributed by atoms with Crippen molar-refractivity contribution in [3.63, 3.8) is 0 Å². The van der Waals surface area contributed by atoms with Gasteiger partial charge in [-0.2, -0.15) is 11.8 Å². The summed E-state index contributed by atoms with van der Waals surface area (Å²) in [4.78, 5) is 0. The molecule has 0 saturated heterocycles. The van der Waals surface area contributed by atoms with Crippen molar-refractivity contribution >= 4 is 11.8 Å². The molecule has 0 spiro atoms. The molecule has 0 fully saturated rings. The molecule has 1 atom stereocenters. The van der Waals surface area contributed by atoms with Gasteiger partial charge in [-0.3, -0.25) is 4.68 Å². The largest absolute Gasteiger partial charge is 0.308 e. The van der Waals surface area contributed by atoms with E-state index in [2.05, 4.69) is 29.5 Å². The zero-order chi connectivity index (χ0) is 10.4. The zero-order valence-electron chi connectivity index (χ0n) is 9.03. The minimum absolute atomic E-state index is 0.530. The maximum Gasteiger partial charge on any atom is 0.0964 e. The Morgan fingerprint density at radius 3 is 3.00 bits per heavy atom. The first-order chi connectivity index (χ1) is 6.72. The van der Waals surface area contributed by atoms with Crippen LogP contribution in [0.4, 0.5) is 0 Å². The van der Waals surface area contributed by atoms with Gasteiger partial charge in [0.1, 0.15) is 0 Å². The van der Waals surface area contributed by atoms with Gasteiger partial charge in [-0.15, -0.1) is 5.10 Å². The highest BCUT2D eigenvalue weighted by Crippen LogP contribution is 2.01. The minimum Gasteiger partial charge on any atom is -0.308 e. The molecular formula is C9H18N4S. The van der Waals surface area contributed by atoms with Crippen LogP contribution in [-0.4, -0.2) is 32.5 Å². The van der Waals surface area contributed by atoms with Crippen LogP contribution in [-0.2, 0) is 13.6 Å². The van der Waals surface area contributed by atoms with Crippen molar-refractivity contribution in [2.45, 2.75) is 26.4 Å². The SMILES string of the molecule is CCSCC(C)NCc1cn(C)nn1. The Morgan fingerprint density at radius 2 is 2.43 bits per heavy atom. The molecule has 14 heavy (non-hydrogen) atoms. The fraction of sp³-hybridized carbons (Fsp3) is 0.778. The van der Waals surface area contributed by atoms with Crippen LogP contribution in [0, 0.1) is 0 Å². The monoisotopic (exact) mass is 214 g/mol. The van der Waals surface area contributed by atoms with E-state index in [1.165, 1.54) is 5.75 Å². The molecule has 5 heteroatoms. The normalized spacial score (nSPS) is 13.1. The van der Waals surface area contributed by atoms with Gasteiger partial charge in [0.2, 0.25) is 0 Å². The molecule has 1 aromatic heterocycles. The van der Waals surface area contributed by atoms with Crippen molar-refractivity contribution < 1.29 is 0 Å². The number of rotatable bonds is 6. The van der Waals surface area contributed by atoms with Crippen molar-refractivity contribution in [3.05, 3.63) is 11.9 Å². The number of thioether (sulfide) groups is 1. The van der Waals surface area contributed by atoms with Gasteiger partial charge in [0.05, 0.1) is 5.69 Å². The molecule has 0 aliphatic heterocycles. The van der Waals surface area contributed by atoms with E-state index in [9.17, 15) is 0 Å². The summed E-state index contributed by atoms with van der Waals surface area (Å²) in [7, 11) is 1.88. The van der Waals surface area contributed by atoms with Gasteiger partial charge < -0.3 is 5.32 Å². The second-order valence-electron chi connectivity index (χ2n) is 3.32. The Kier molecular flexibility index (Phi) is 4.97. The second kappa shape index (κ2) is 6.03. The summed E-state index contributed by atoms with van der Waals surface area (Å²) in [6.07, 6.45) is 1.94. The molecule has 1 unspecified atom stereocenters. The predicted octanol–water partition coefficient (Wildman–Crippen LogP) is 1.05. The first-order valence-electron chi connectivity index (χ1n) is 4.88. The van der Waals surface area contributed by atoms with Gasteiger partial charge in [0, 0.05) is 31.6 Å². The zero-order valence-corrected chi connectivity index (χ0v) is 9.84. The maximum absolute atomic E-state index is 4.01. The Morgan fingerprint density at radius 1 is 1.64 bits per heavy atom. The smallest absolute Gasteiger partial charge is 0.0964 e. The van der Waals surface area contributed by atoms with Crippen LogP contribution in [0.25, 0.3) is 0 Å². The molecule has 0 radical (unpaired) electrons. The summed E-state index contributed by atoms with van der Waals surface area (Å²) in [5.74, 6) is 2.33. The topological polar surface area (TPSA) is 42.7 Å². The molecule has 0 aliphatic carbocycles. The van der Waals surface area contributed by atoms with Crippen molar-refractivity contribution in [2.24, 2.45) is 7.05 Å². The van der Waals surface area contributed by atoms with Crippen LogP contribution in [0.3, 0.4) is 0 Å². The molecule has 1 rings (SSSR count). The van der Waals surface area contributed by atoms with E-state index >= 15 is 0 Å². The van der Waals surface area contributed by atoms with Crippen LogP contribution in [0.15, 0.2) is 6.20 Å². The highest BCUT2D eigenvalue weighted by Gasteiger charge is 2.02. The average molecular weight is 214 g/mol. The van der Waals surface area contributed by atoms with Gasteiger partial charge >= 0.3 is 0 Å². The fourth-order valence-corrected chi connectivity index (χ4v) is 1.82. The van der Waals surface area contributed by atoms with E-state index in [4.69, 9.17) is 0 Å². The van der Waals surface area contributed by atoms with Gasteiger partial charge in [-0.1, -0.05) is 12.1 Å². The highest BCUT2D eigenvalue weighted by atomic mass is 32.2. The lowest BCUT2D eigenvalue weighted by Crippen LogP contribution is -2.27. The van der Waals surface area contributed by atoms with E-state index in [0.717, 1.165) is 18.0 Å². The van der Waals surface area contributed by atoms with Gasteiger partial charge in [0.25, 0.3) is 0 Å². The van der Waals surface area contributed by atoms with Gasteiger partial charge in [-0.05, 0) is 12.7 Å². The van der Waals surface area contributed by atoms with E-state index in [0.29, 0.717) is 6.04 Å². The standard InChI is InChI=1S/C9H18N4S/c1-4-14-7-8(2)10-5-9-6-13(3)12-11-9/h6,8,10H,4-5,7H2,1-3H3. The average Bonchev–Trinajstić information content (AvgIpc) is 2.58. The predicted molar refractivity (Wildman–Crippen MR) is 60.3 cm³/mol.